The van der Waals surface area contributed by atoms with Crippen LogP contribution in [0.1, 0.15) is 35.7 Å². The third-order valence-corrected chi connectivity index (χ3v) is 5.03. The van der Waals surface area contributed by atoms with Gasteiger partial charge < -0.3 is 10.3 Å². The lowest BCUT2D eigenvalue weighted by Crippen LogP contribution is -2.13. The second-order valence-electron chi connectivity index (χ2n) is 5.39. The Hall–Kier alpha value is -1.13. The summed E-state index contributed by atoms with van der Waals surface area (Å²) in [4.78, 5) is 8.09. The number of H-pyrrole nitrogens is 1. The molecule has 0 amide bonds. The van der Waals surface area contributed by atoms with Crippen molar-refractivity contribution in [1.82, 2.24) is 15.3 Å². The smallest absolute Gasteiger partial charge is 0.137 e. The monoisotopic (exact) mass is 317 g/mol. The van der Waals surface area contributed by atoms with Gasteiger partial charge in [0, 0.05) is 16.1 Å². The molecule has 0 unspecified atom stereocenters. The van der Waals surface area contributed by atoms with Gasteiger partial charge in [0.25, 0.3) is 0 Å². The van der Waals surface area contributed by atoms with Gasteiger partial charge in [-0.2, -0.15) is 0 Å². The lowest BCUT2D eigenvalue weighted by molar-refractivity contribution is 0.631. The van der Waals surface area contributed by atoms with E-state index in [-0.39, 0.29) is 0 Å². The van der Waals surface area contributed by atoms with E-state index in [9.17, 15) is 0 Å². The molecular formula is C15H16BrN3. The summed E-state index contributed by atoms with van der Waals surface area (Å²) in [6.07, 6.45) is 6.81. The fraction of sp³-hybridized carbons (Fsp3) is 0.400. The summed E-state index contributed by atoms with van der Waals surface area (Å²) in [7, 11) is 0. The molecule has 4 rings (SSSR count). The quantitative estimate of drug-likeness (QED) is 0.891. The molecule has 4 heteroatoms. The van der Waals surface area contributed by atoms with Crippen molar-refractivity contribution < 1.29 is 0 Å². The molecule has 0 spiro atoms. The van der Waals surface area contributed by atoms with E-state index >= 15 is 0 Å². The zero-order valence-corrected chi connectivity index (χ0v) is 12.3. The predicted molar refractivity (Wildman–Crippen MR) is 79.1 cm³/mol. The van der Waals surface area contributed by atoms with Gasteiger partial charge in [-0.05, 0) is 55.5 Å². The minimum atomic E-state index is 0.461. The Morgan fingerprint density at radius 2 is 2.11 bits per heavy atom. The van der Waals surface area contributed by atoms with Crippen LogP contribution in [0.2, 0.25) is 0 Å². The summed E-state index contributed by atoms with van der Waals surface area (Å²) in [5.41, 5.74) is 5.40. The number of nitrogens with one attached hydrogen (secondary N) is 2. The Morgan fingerprint density at radius 1 is 1.21 bits per heavy atom. The molecule has 0 saturated carbocycles. The molecule has 98 valence electrons. The first-order valence-electron chi connectivity index (χ1n) is 6.92. The molecule has 19 heavy (non-hydrogen) atoms. The number of aromatic nitrogens is 2. The summed E-state index contributed by atoms with van der Waals surface area (Å²) in [6.45, 7) is 1.12. The average Bonchev–Trinajstić information content (AvgIpc) is 3.00. The number of rotatable bonds is 2. The van der Waals surface area contributed by atoms with Crippen LogP contribution in [0, 0.1) is 0 Å². The zero-order valence-electron chi connectivity index (χ0n) is 10.7. The first kappa shape index (κ1) is 11.7. The van der Waals surface area contributed by atoms with E-state index in [0.717, 1.165) is 12.4 Å². The summed E-state index contributed by atoms with van der Waals surface area (Å²) >= 11 is 3.62. The maximum absolute atomic E-state index is 4.59. The third-order valence-electron chi connectivity index (χ3n) is 4.29. The van der Waals surface area contributed by atoms with Gasteiger partial charge in [0.2, 0.25) is 0 Å². The number of nitrogens with zero attached hydrogens (tertiary/aromatic N) is 1. The van der Waals surface area contributed by atoms with Crippen molar-refractivity contribution in [1.29, 1.82) is 0 Å². The highest BCUT2D eigenvalue weighted by Gasteiger charge is 2.23. The Bertz CT molecular complexity index is 626. The van der Waals surface area contributed by atoms with E-state index in [1.54, 1.807) is 0 Å². The number of fused-ring (bicyclic) bond motifs is 1. The van der Waals surface area contributed by atoms with Gasteiger partial charge in [-0.15, -0.1) is 0 Å². The highest BCUT2D eigenvalue weighted by Crippen LogP contribution is 2.37. The number of imidazole rings is 1. The number of halogens is 1. The molecule has 0 bridgehead atoms. The van der Waals surface area contributed by atoms with Gasteiger partial charge in [0.05, 0.1) is 11.9 Å². The van der Waals surface area contributed by atoms with E-state index in [2.05, 4.69) is 43.3 Å². The standard InChI is InChI=1S/C15H16BrN3/c16-12-6-5-11(9-3-4-10(9)12)15-18-8-14(19-15)13-2-1-7-17-13/h5-6,8,13,17H,1-4,7H2,(H,18,19)/t13-/m0/s1. The van der Waals surface area contributed by atoms with Crippen molar-refractivity contribution in [2.24, 2.45) is 0 Å². The average molecular weight is 318 g/mol. The predicted octanol–water partition coefficient (Wildman–Crippen LogP) is 3.36. The summed E-state index contributed by atoms with van der Waals surface area (Å²) < 4.78 is 1.24. The summed E-state index contributed by atoms with van der Waals surface area (Å²) in [5, 5.41) is 3.51. The molecule has 2 aliphatic rings. The van der Waals surface area contributed by atoms with Gasteiger partial charge in [0.15, 0.2) is 0 Å². The highest BCUT2D eigenvalue weighted by molar-refractivity contribution is 9.10. The fourth-order valence-corrected chi connectivity index (χ4v) is 3.68. The minimum absolute atomic E-state index is 0.461. The van der Waals surface area contributed by atoms with E-state index in [1.165, 1.54) is 52.5 Å². The van der Waals surface area contributed by atoms with Crippen LogP contribution >= 0.6 is 15.9 Å². The Kier molecular flexibility index (Phi) is 2.74. The second kappa shape index (κ2) is 4.46. The number of hydrogen-bond donors (Lipinski definition) is 2. The van der Waals surface area contributed by atoms with Crippen molar-refractivity contribution >= 4 is 15.9 Å². The maximum Gasteiger partial charge on any atom is 0.137 e. The van der Waals surface area contributed by atoms with Gasteiger partial charge in [0.1, 0.15) is 5.82 Å². The van der Waals surface area contributed by atoms with Crippen LogP contribution in [0.4, 0.5) is 0 Å². The summed E-state index contributed by atoms with van der Waals surface area (Å²) in [5.74, 6) is 1.02. The Morgan fingerprint density at radius 3 is 2.84 bits per heavy atom. The van der Waals surface area contributed by atoms with Crippen molar-refractivity contribution in [2.45, 2.75) is 31.7 Å². The van der Waals surface area contributed by atoms with E-state index in [0.29, 0.717) is 6.04 Å². The first-order valence-corrected chi connectivity index (χ1v) is 7.71. The van der Waals surface area contributed by atoms with Crippen LogP contribution in [0.5, 0.6) is 0 Å². The molecule has 1 aromatic heterocycles. The zero-order chi connectivity index (χ0) is 12.8. The molecule has 2 aromatic rings. The van der Waals surface area contributed by atoms with Gasteiger partial charge in [-0.1, -0.05) is 15.9 Å². The fourth-order valence-electron chi connectivity index (χ4n) is 3.11. The third kappa shape index (κ3) is 1.85. The molecule has 1 saturated heterocycles. The lowest BCUT2D eigenvalue weighted by atomic mass is 9.84. The van der Waals surface area contributed by atoms with Crippen LogP contribution in [-0.2, 0) is 12.8 Å². The molecule has 1 aliphatic carbocycles. The van der Waals surface area contributed by atoms with Crippen LogP contribution in [-0.4, -0.2) is 16.5 Å². The molecule has 2 heterocycles. The SMILES string of the molecule is Brc1ccc(-c2ncc([C@@H]3CCCN3)[nH]2)c2c1CC2. The number of aromatic amines is 1. The topological polar surface area (TPSA) is 40.7 Å². The molecule has 1 atom stereocenters. The lowest BCUT2D eigenvalue weighted by Gasteiger charge is -2.23. The molecule has 1 aromatic carbocycles. The Labute approximate surface area is 121 Å². The highest BCUT2D eigenvalue weighted by atomic mass is 79.9. The van der Waals surface area contributed by atoms with Gasteiger partial charge in [-0.25, -0.2) is 4.98 Å². The minimum Gasteiger partial charge on any atom is -0.341 e. The van der Waals surface area contributed by atoms with Crippen molar-refractivity contribution in [3.05, 3.63) is 39.6 Å². The maximum atomic E-state index is 4.59. The Balaban J connectivity index is 1.71. The normalized spacial score (nSPS) is 21.2. The van der Waals surface area contributed by atoms with Gasteiger partial charge in [-0.3, -0.25) is 0 Å². The van der Waals surface area contributed by atoms with Crippen LogP contribution in [0.25, 0.3) is 11.4 Å². The second-order valence-corrected chi connectivity index (χ2v) is 6.24. The number of benzene rings is 1. The molecule has 2 N–H and O–H groups in total. The van der Waals surface area contributed by atoms with Crippen molar-refractivity contribution in [2.75, 3.05) is 6.54 Å². The molecular weight excluding hydrogens is 302 g/mol. The largest absolute Gasteiger partial charge is 0.341 e. The van der Waals surface area contributed by atoms with E-state index in [1.807, 2.05) is 6.20 Å². The van der Waals surface area contributed by atoms with Crippen molar-refractivity contribution in [3.63, 3.8) is 0 Å². The molecule has 0 radical (unpaired) electrons. The van der Waals surface area contributed by atoms with Gasteiger partial charge >= 0.3 is 0 Å². The molecule has 1 fully saturated rings. The van der Waals surface area contributed by atoms with Crippen LogP contribution < -0.4 is 5.32 Å². The van der Waals surface area contributed by atoms with Crippen LogP contribution in [0.15, 0.2) is 22.8 Å². The molecule has 3 nitrogen and oxygen atoms in total. The van der Waals surface area contributed by atoms with Crippen LogP contribution in [0.3, 0.4) is 0 Å². The summed E-state index contributed by atoms with van der Waals surface area (Å²) in [6, 6.07) is 4.78. The molecule has 1 aliphatic heterocycles. The van der Waals surface area contributed by atoms with Crippen molar-refractivity contribution in [3.8, 4) is 11.4 Å². The number of hydrogen-bond acceptors (Lipinski definition) is 2. The van der Waals surface area contributed by atoms with E-state index in [4.69, 9.17) is 0 Å². The first-order chi connectivity index (χ1) is 9.33. The van der Waals surface area contributed by atoms with E-state index < -0.39 is 0 Å².